The third-order valence-corrected chi connectivity index (χ3v) is 11.1. The Kier molecular flexibility index (Phi) is 7.44. The molecule has 5 heterocycles. The van der Waals surface area contributed by atoms with Crippen LogP contribution in [0.15, 0.2) is 60.8 Å². The summed E-state index contributed by atoms with van der Waals surface area (Å²) in [6, 6.07) is 14.5. The van der Waals surface area contributed by atoms with Crippen LogP contribution in [0.4, 0.5) is 4.79 Å². The van der Waals surface area contributed by atoms with Crippen LogP contribution < -0.4 is 10.1 Å². The summed E-state index contributed by atoms with van der Waals surface area (Å²) in [5.74, 6) is 0.492. The van der Waals surface area contributed by atoms with Gasteiger partial charge in [-0.1, -0.05) is 12.1 Å². The first kappa shape index (κ1) is 33.1. The molecule has 3 aromatic heterocycles. The summed E-state index contributed by atoms with van der Waals surface area (Å²) in [5.41, 5.74) is 3.47. The Hall–Kier alpha value is -5.72. The van der Waals surface area contributed by atoms with Gasteiger partial charge in [-0.25, -0.2) is 14.8 Å². The van der Waals surface area contributed by atoms with Crippen molar-refractivity contribution in [2.24, 2.45) is 18.9 Å². The van der Waals surface area contributed by atoms with Crippen molar-refractivity contribution in [3.05, 3.63) is 77.5 Å². The molecule has 53 heavy (non-hydrogen) atoms. The topological polar surface area (TPSA) is 141 Å². The number of amides is 4. The lowest BCUT2D eigenvalue weighted by Crippen LogP contribution is -2.57. The molecule has 0 unspecified atom stereocenters. The van der Waals surface area contributed by atoms with E-state index in [0.717, 1.165) is 34.6 Å². The van der Waals surface area contributed by atoms with Crippen molar-refractivity contribution >= 4 is 45.9 Å². The average Bonchev–Trinajstić information content (AvgIpc) is 3.35. The van der Waals surface area contributed by atoms with Crippen LogP contribution in [0.5, 0.6) is 5.75 Å². The molecule has 0 spiro atoms. The molecule has 2 aliphatic carbocycles. The Morgan fingerprint density at radius 2 is 1.74 bits per heavy atom. The fourth-order valence-electron chi connectivity index (χ4n) is 8.71. The number of piperidine rings is 1. The predicted molar refractivity (Wildman–Crippen MR) is 196 cm³/mol. The van der Waals surface area contributed by atoms with E-state index in [1.807, 2.05) is 23.9 Å². The molecule has 1 N–H and O–H groups in total. The normalized spacial score (nSPS) is 22.3. The van der Waals surface area contributed by atoms with Crippen molar-refractivity contribution in [1.29, 1.82) is 0 Å². The fraction of sp³-hybridized carbons (Fsp3) is 0.400. The first-order valence-corrected chi connectivity index (χ1v) is 18.2. The van der Waals surface area contributed by atoms with Gasteiger partial charge in [-0.05, 0) is 88.4 Å². The molecule has 272 valence electrons. The monoisotopic (exact) mass is 715 g/mol. The second kappa shape index (κ2) is 11.9. The summed E-state index contributed by atoms with van der Waals surface area (Å²) in [7, 11) is 3.51. The quantitative estimate of drug-likeness (QED) is 0.221. The smallest absolute Gasteiger partial charge is 0.407 e. The third-order valence-electron chi connectivity index (χ3n) is 11.1. The van der Waals surface area contributed by atoms with Gasteiger partial charge in [-0.15, -0.1) is 0 Å². The minimum atomic E-state index is -0.741. The zero-order chi connectivity index (χ0) is 36.9. The van der Waals surface area contributed by atoms with Gasteiger partial charge in [-0.2, -0.15) is 0 Å². The Morgan fingerprint density at radius 3 is 2.42 bits per heavy atom. The summed E-state index contributed by atoms with van der Waals surface area (Å²) in [4.78, 5) is 68.0. The zero-order valence-electron chi connectivity index (χ0n) is 30.3. The molecule has 4 amide bonds. The first-order valence-electron chi connectivity index (χ1n) is 18.2. The maximum Gasteiger partial charge on any atom is 0.407 e. The highest BCUT2D eigenvalue weighted by Crippen LogP contribution is 2.45. The molecule has 9 rings (SSSR count). The number of nitrogens with zero attached hydrogens (tertiary/aromatic N) is 6. The van der Waals surface area contributed by atoms with Crippen LogP contribution in [0.2, 0.25) is 0 Å². The van der Waals surface area contributed by atoms with E-state index in [1.165, 1.54) is 17.7 Å². The van der Waals surface area contributed by atoms with E-state index >= 15 is 0 Å². The molecule has 13 heteroatoms. The maximum atomic E-state index is 14.7. The molecule has 0 radical (unpaired) electrons. The van der Waals surface area contributed by atoms with Crippen molar-refractivity contribution < 1.29 is 28.7 Å². The number of fused-ring (bicyclic) bond motifs is 5. The zero-order valence-corrected chi connectivity index (χ0v) is 30.3. The first-order chi connectivity index (χ1) is 25.4. The summed E-state index contributed by atoms with van der Waals surface area (Å²) in [5, 5.41) is 4.03. The van der Waals surface area contributed by atoms with Gasteiger partial charge in [0.15, 0.2) is 5.82 Å². The molecule has 4 atom stereocenters. The molecule has 1 saturated heterocycles. The van der Waals surface area contributed by atoms with E-state index in [0.29, 0.717) is 46.8 Å². The number of aryl methyl sites for hydroxylation is 1. The van der Waals surface area contributed by atoms with E-state index in [9.17, 15) is 19.2 Å². The van der Waals surface area contributed by atoms with Gasteiger partial charge < -0.3 is 28.8 Å². The standard InChI is InChI=1S/C40H41N7O6/c1-40(2,3)53-39(51)43-31-24-17-28(47-37(49)25-10-6-7-11-26(25)38(47)50)33(31)46(20-24)36(48)23-15-27-32(30(18-23)52-5)44(4)35(42-27)29-16-22-9-8-14-41-34(22)45(29)19-21-12-13-21/h6-11,14-16,18,21,24,28,31,33H,12-13,17,19-20H2,1-5H3,(H,43,51)/t24-,28+,31-,33-/m1/s1. The highest BCUT2D eigenvalue weighted by molar-refractivity contribution is 6.21. The summed E-state index contributed by atoms with van der Waals surface area (Å²) in [6.45, 7) is 6.52. The number of hydrogen-bond acceptors (Lipinski definition) is 8. The number of imidazole rings is 1. The van der Waals surface area contributed by atoms with Gasteiger partial charge >= 0.3 is 6.09 Å². The third kappa shape index (κ3) is 5.35. The predicted octanol–water partition coefficient (Wildman–Crippen LogP) is 5.41. The number of pyridine rings is 1. The lowest BCUT2D eigenvalue weighted by atomic mass is 10.0. The number of ether oxygens (including phenoxy) is 2. The number of benzene rings is 2. The Balaban J connectivity index is 1.09. The molecule has 2 bridgehead atoms. The van der Waals surface area contributed by atoms with Crippen LogP contribution in [0.1, 0.15) is 71.1 Å². The summed E-state index contributed by atoms with van der Waals surface area (Å²) < 4.78 is 15.7. The number of methoxy groups -OCH3 is 1. The minimum Gasteiger partial charge on any atom is -0.494 e. The maximum absolute atomic E-state index is 14.7. The van der Waals surface area contributed by atoms with Gasteiger partial charge in [0.1, 0.15) is 22.5 Å². The van der Waals surface area contributed by atoms with Crippen LogP contribution in [0.3, 0.4) is 0 Å². The number of imide groups is 1. The van der Waals surface area contributed by atoms with E-state index in [4.69, 9.17) is 19.4 Å². The van der Waals surface area contributed by atoms with E-state index < -0.39 is 41.6 Å². The molecule has 2 aliphatic heterocycles. The number of rotatable bonds is 7. The van der Waals surface area contributed by atoms with Crippen molar-refractivity contribution in [3.63, 3.8) is 0 Å². The lowest BCUT2D eigenvalue weighted by molar-refractivity contribution is 0.0380. The number of hydrogen-bond donors (Lipinski definition) is 1. The number of alkyl carbamates (subject to hydrolysis) is 1. The van der Waals surface area contributed by atoms with Gasteiger partial charge in [-0.3, -0.25) is 19.3 Å². The summed E-state index contributed by atoms with van der Waals surface area (Å²) >= 11 is 0. The average molecular weight is 716 g/mol. The highest BCUT2D eigenvalue weighted by Gasteiger charge is 2.59. The Morgan fingerprint density at radius 1 is 1.00 bits per heavy atom. The molecule has 4 aliphatic rings. The van der Waals surface area contributed by atoms with Gasteiger partial charge in [0, 0.05) is 43.2 Å². The largest absolute Gasteiger partial charge is 0.494 e. The molecular weight excluding hydrogens is 674 g/mol. The molecule has 2 aromatic carbocycles. The van der Waals surface area contributed by atoms with Gasteiger partial charge in [0.25, 0.3) is 17.7 Å². The van der Waals surface area contributed by atoms with Crippen LogP contribution in [0.25, 0.3) is 33.6 Å². The number of carbonyl (C=O) groups excluding carboxylic acids is 4. The van der Waals surface area contributed by atoms with Crippen LogP contribution >= 0.6 is 0 Å². The second-order valence-electron chi connectivity index (χ2n) is 15.7. The molecule has 13 nitrogen and oxygen atoms in total. The van der Waals surface area contributed by atoms with Crippen LogP contribution in [-0.2, 0) is 18.3 Å². The number of aromatic nitrogens is 4. The SMILES string of the molecule is COc1cc(C(=O)N2C[C@H]3C[C@H](N4C(=O)c5ccccc5C4=O)[C@@H]2[C@@H]3NC(=O)OC(C)(C)C)cc2nc(-c3cc4cccnc4n3CC3CC3)n(C)c12. The summed E-state index contributed by atoms with van der Waals surface area (Å²) in [6.07, 6.45) is 4.01. The molecular formula is C40H41N7O6. The lowest BCUT2D eigenvalue weighted by Gasteiger charge is -2.37. The van der Waals surface area contributed by atoms with E-state index in [2.05, 4.69) is 22.0 Å². The van der Waals surface area contributed by atoms with Crippen molar-refractivity contribution in [1.82, 2.24) is 34.2 Å². The number of likely N-dealkylation sites (tertiary alicyclic amines) is 1. The van der Waals surface area contributed by atoms with E-state index in [-0.39, 0.29) is 11.8 Å². The van der Waals surface area contributed by atoms with Crippen LogP contribution in [0, 0.1) is 11.8 Å². The Labute approximate surface area is 305 Å². The van der Waals surface area contributed by atoms with Gasteiger partial charge in [0.05, 0.1) is 47.6 Å². The van der Waals surface area contributed by atoms with E-state index in [1.54, 1.807) is 69.2 Å². The van der Waals surface area contributed by atoms with Crippen molar-refractivity contribution in [2.45, 2.75) is 70.3 Å². The van der Waals surface area contributed by atoms with Crippen LogP contribution in [-0.4, -0.2) is 90.1 Å². The number of carbonyl (C=O) groups is 4. The minimum absolute atomic E-state index is 0.222. The number of nitrogens with one attached hydrogen (secondary N) is 1. The molecule has 5 aromatic rings. The van der Waals surface area contributed by atoms with Gasteiger partial charge in [0.2, 0.25) is 0 Å². The Bertz CT molecular complexity index is 2330. The second-order valence-corrected chi connectivity index (χ2v) is 15.7. The fourth-order valence-corrected chi connectivity index (χ4v) is 8.71. The highest BCUT2D eigenvalue weighted by atomic mass is 16.6. The van der Waals surface area contributed by atoms with Crippen molar-refractivity contribution in [3.8, 4) is 17.3 Å². The molecule has 3 fully saturated rings. The van der Waals surface area contributed by atoms with Crippen molar-refractivity contribution in [2.75, 3.05) is 13.7 Å². The molecule has 2 saturated carbocycles.